The van der Waals surface area contributed by atoms with E-state index in [0.29, 0.717) is 4.90 Å². The Balaban J connectivity index is 2.36. The highest BCUT2D eigenvalue weighted by Crippen LogP contribution is 2.34. The molecule has 1 heterocycles. The van der Waals surface area contributed by atoms with Crippen molar-refractivity contribution in [2.75, 3.05) is 11.4 Å². The maximum Gasteiger partial charge on any atom is 0.390 e. The third-order valence-corrected chi connectivity index (χ3v) is 2.92. The lowest BCUT2D eigenvalue weighted by atomic mass is 10.1. The van der Waals surface area contributed by atoms with Crippen molar-refractivity contribution in [3.05, 3.63) is 28.5 Å². The summed E-state index contributed by atoms with van der Waals surface area (Å²) in [5.41, 5.74) is -0.361. The van der Waals surface area contributed by atoms with Crippen LogP contribution in [-0.4, -0.2) is 24.4 Å². The van der Waals surface area contributed by atoms with Crippen molar-refractivity contribution in [2.45, 2.75) is 12.6 Å². The highest BCUT2D eigenvalue weighted by atomic mass is 35.5. The predicted molar refractivity (Wildman–Crippen MR) is 58.8 cm³/mol. The standard InChI is InChI=1S/C11H6ClF4NO2/c12-6-3-5-8(4-7(6)13)17(10(19)9(5)18)2-1-11(14,15)16/h3-4H,1-2H2. The van der Waals surface area contributed by atoms with E-state index in [9.17, 15) is 27.2 Å². The Morgan fingerprint density at radius 2 is 1.84 bits per heavy atom. The van der Waals surface area contributed by atoms with E-state index >= 15 is 0 Å². The summed E-state index contributed by atoms with van der Waals surface area (Å²) in [6, 6.07) is 1.73. The zero-order valence-corrected chi connectivity index (χ0v) is 9.98. The number of fused-ring (bicyclic) bond motifs is 1. The van der Waals surface area contributed by atoms with E-state index in [2.05, 4.69) is 0 Å². The van der Waals surface area contributed by atoms with Crippen LogP contribution in [0.5, 0.6) is 0 Å². The molecule has 102 valence electrons. The molecule has 0 spiro atoms. The molecule has 0 unspecified atom stereocenters. The van der Waals surface area contributed by atoms with Gasteiger partial charge in [-0.1, -0.05) is 11.6 Å². The molecule has 1 aliphatic heterocycles. The molecule has 8 heteroatoms. The Hall–Kier alpha value is -1.63. The number of ketones is 1. The van der Waals surface area contributed by atoms with Crippen molar-refractivity contribution >= 4 is 29.0 Å². The van der Waals surface area contributed by atoms with Crippen molar-refractivity contribution in [3.8, 4) is 0 Å². The number of alkyl halides is 3. The van der Waals surface area contributed by atoms with Crippen LogP contribution in [0, 0.1) is 5.82 Å². The SMILES string of the molecule is O=C1C(=O)N(CCC(F)(F)F)c2cc(F)c(Cl)cc21. The summed E-state index contributed by atoms with van der Waals surface area (Å²) in [6.45, 7) is -0.734. The van der Waals surface area contributed by atoms with E-state index in [1.165, 1.54) is 0 Å². The van der Waals surface area contributed by atoms with Crippen LogP contribution in [-0.2, 0) is 4.79 Å². The zero-order chi connectivity index (χ0) is 14.4. The van der Waals surface area contributed by atoms with Gasteiger partial charge in [0.1, 0.15) is 5.82 Å². The van der Waals surface area contributed by atoms with Crippen molar-refractivity contribution in [3.63, 3.8) is 0 Å². The molecule has 0 radical (unpaired) electrons. The van der Waals surface area contributed by atoms with E-state index in [-0.39, 0.29) is 16.3 Å². The first kappa shape index (κ1) is 13.8. The molecule has 0 saturated carbocycles. The fraction of sp³-hybridized carbons (Fsp3) is 0.273. The molecule has 3 nitrogen and oxygen atoms in total. The Labute approximate surface area is 109 Å². The van der Waals surface area contributed by atoms with Crippen LogP contribution in [0.25, 0.3) is 0 Å². The van der Waals surface area contributed by atoms with E-state index in [4.69, 9.17) is 11.6 Å². The van der Waals surface area contributed by atoms with Crippen molar-refractivity contribution in [1.29, 1.82) is 0 Å². The Kier molecular flexibility index (Phi) is 3.25. The summed E-state index contributed by atoms with van der Waals surface area (Å²) in [6.07, 6.45) is -5.76. The quantitative estimate of drug-likeness (QED) is 0.621. The topological polar surface area (TPSA) is 37.4 Å². The van der Waals surface area contributed by atoms with Crippen LogP contribution in [0.3, 0.4) is 0 Å². The lowest BCUT2D eigenvalue weighted by molar-refractivity contribution is -0.133. The predicted octanol–water partition coefficient (Wildman–Crippen LogP) is 2.96. The number of anilines is 1. The minimum atomic E-state index is -4.48. The fourth-order valence-electron chi connectivity index (χ4n) is 1.75. The molecule has 1 aromatic carbocycles. The van der Waals surface area contributed by atoms with Gasteiger partial charge in [-0.15, -0.1) is 0 Å². The van der Waals surface area contributed by atoms with Crippen LogP contribution < -0.4 is 4.90 Å². The third kappa shape index (κ3) is 2.56. The second-order valence-corrected chi connectivity index (χ2v) is 4.34. The molecule has 1 aromatic rings. The van der Waals surface area contributed by atoms with Gasteiger partial charge in [-0.05, 0) is 12.1 Å². The van der Waals surface area contributed by atoms with Crippen LogP contribution in [0.2, 0.25) is 5.02 Å². The average molecular weight is 296 g/mol. The second kappa shape index (κ2) is 4.48. The first-order valence-electron chi connectivity index (χ1n) is 5.12. The monoisotopic (exact) mass is 295 g/mol. The summed E-state index contributed by atoms with van der Waals surface area (Å²) >= 11 is 5.47. The molecule has 1 aliphatic rings. The fourth-order valence-corrected chi connectivity index (χ4v) is 1.91. The van der Waals surface area contributed by atoms with Crippen molar-refractivity contribution in [1.82, 2.24) is 0 Å². The molecule has 0 saturated heterocycles. The molecule has 0 aromatic heterocycles. The number of carbonyl (C=O) groups is 2. The number of amides is 1. The zero-order valence-electron chi connectivity index (χ0n) is 9.22. The number of hydrogen-bond donors (Lipinski definition) is 0. The van der Waals surface area contributed by atoms with Crippen molar-refractivity contribution in [2.24, 2.45) is 0 Å². The van der Waals surface area contributed by atoms with Gasteiger partial charge in [-0.3, -0.25) is 9.59 Å². The Morgan fingerprint density at radius 3 is 2.42 bits per heavy atom. The van der Waals surface area contributed by atoms with E-state index in [0.717, 1.165) is 12.1 Å². The lowest BCUT2D eigenvalue weighted by Crippen LogP contribution is -2.33. The second-order valence-electron chi connectivity index (χ2n) is 3.93. The lowest BCUT2D eigenvalue weighted by Gasteiger charge is -2.17. The molecule has 2 rings (SSSR count). The normalized spacial score (nSPS) is 15.1. The maximum atomic E-state index is 13.3. The minimum Gasteiger partial charge on any atom is -0.304 e. The van der Waals surface area contributed by atoms with Gasteiger partial charge in [-0.2, -0.15) is 13.2 Å². The number of Topliss-reactive ketones (excluding diaryl/α,β-unsaturated/α-hetero) is 1. The van der Waals surface area contributed by atoms with Gasteiger partial charge in [-0.25, -0.2) is 4.39 Å². The highest BCUT2D eigenvalue weighted by Gasteiger charge is 2.39. The molecule has 0 fully saturated rings. The van der Waals surface area contributed by atoms with Gasteiger partial charge in [0.25, 0.3) is 11.7 Å². The first-order valence-corrected chi connectivity index (χ1v) is 5.50. The molecular formula is C11H6ClF4NO2. The maximum absolute atomic E-state index is 13.3. The molecule has 0 bridgehead atoms. The summed E-state index contributed by atoms with van der Waals surface area (Å²) in [4.78, 5) is 23.7. The smallest absolute Gasteiger partial charge is 0.304 e. The summed E-state index contributed by atoms with van der Waals surface area (Å²) in [5, 5.41) is -0.363. The van der Waals surface area contributed by atoms with E-state index in [1.54, 1.807) is 0 Å². The highest BCUT2D eigenvalue weighted by molar-refractivity contribution is 6.52. The van der Waals surface area contributed by atoms with Crippen LogP contribution >= 0.6 is 11.6 Å². The van der Waals surface area contributed by atoms with Gasteiger partial charge in [0.15, 0.2) is 0 Å². The molecule has 19 heavy (non-hydrogen) atoms. The number of carbonyl (C=O) groups excluding carboxylic acids is 2. The molecule has 0 atom stereocenters. The minimum absolute atomic E-state index is 0.179. The average Bonchev–Trinajstić information content (AvgIpc) is 2.51. The number of benzene rings is 1. The first-order chi connectivity index (χ1) is 8.70. The van der Waals surface area contributed by atoms with Crippen LogP contribution in [0.4, 0.5) is 23.2 Å². The van der Waals surface area contributed by atoms with Gasteiger partial charge in [0, 0.05) is 6.54 Å². The summed E-state index contributed by atoms with van der Waals surface area (Å²) in [5.74, 6) is -3.00. The number of nitrogens with zero attached hydrogens (tertiary/aromatic N) is 1. The van der Waals surface area contributed by atoms with Crippen LogP contribution in [0.1, 0.15) is 16.8 Å². The third-order valence-electron chi connectivity index (χ3n) is 2.63. The van der Waals surface area contributed by atoms with Gasteiger partial charge < -0.3 is 4.90 Å². The molecule has 0 N–H and O–H groups in total. The van der Waals surface area contributed by atoms with E-state index in [1.807, 2.05) is 0 Å². The summed E-state index contributed by atoms with van der Waals surface area (Å²) in [7, 11) is 0. The Morgan fingerprint density at radius 1 is 1.21 bits per heavy atom. The van der Waals surface area contributed by atoms with Gasteiger partial charge >= 0.3 is 6.18 Å². The molecule has 0 aliphatic carbocycles. The summed E-state index contributed by atoms with van der Waals surface area (Å²) < 4.78 is 49.7. The molecule has 1 amide bonds. The van der Waals surface area contributed by atoms with Crippen molar-refractivity contribution < 1.29 is 27.2 Å². The van der Waals surface area contributed by atoms with Crippen LogP contribution in [0.15, 0.2) is 12.1 Å². The van der Waals surface area contributed by atoms with Gasteiger partial charge in [0.2, 0.25) is 0 Å². The number of rotatable bonds is 2. The van der Waals surface area contributed by atoms with Gasteiger partial charge in [0.05, 0.1) is 22.7 Å². The largest absolute Gasteiger partial charge is 0.390 e. The number of hydrogen-bond acceptors (Lipinski definition) is 2. The van der Waals surface area contributed by atoms with E-state index < -0.39 is 36.6 Å². The Bertz CT molecular complexity index is 571. The molecular weight excluding hydrogens is 290 g/mol. The number of halogens is 5.